The van der Waals surface area contributed by atoms with E-state index in [1.165, 1.54) is 0 Å². The average molecular weight is 347 g/mol. The number of fused-ring (bicyclic) bond motifs is 1. The summed E-state index contributed by atoms with van der Waals surface area (Å²) in [6.07, 6.45) is 0. The number of aromatic nitrogens is 2. The normalized spacial score (nSPS) is 10.9. The Morgan fingerprint density at radius 3 is 2.28 bits per heavy atom. The second kappa shape index (κ2) is 6.54. The highest BCUT2D eigenvalue weighted by molar-refractivity contribution is 6.30. The Labute approximate surface area is 150 Å². The van der Waals surface area contributed by atoms with Crippen LogP contribution in [0.25, 0.3) is 22.3 Å². The molecule has 0 unspecified atom stereocenters. The topological polar surface area (TPSA) is 34.9 Å². The summed E-state index contributed by atoms with van der Waals surface area (Å²) < 4.78 is 1.78. The van der Waals surface area contributed by atoms with Crippen molar-refractivity contribution in [1.82, 2.24) is 9.55 Å². The van der Waals surface area contributed by atoms with Gasteiger partial charge in [-0.05, 0) is 29.8 Å². The van der Waals surface area contributed by atoms with E-state index in [1.54, 1.807) is 16.7 Å². The lowest BCUT2D eigenvalue weighted by Gasteiger charge is -2.12. The summed E-state index contributed by atoms with van der Waals surface area (Å²) in [6.45, 7) is 0.503. The van der Waals surface area contributed by atoms with E-state index in [-0.39, 0.29) is 5.56 Å². The van der Waals surface area contributed by atoms with Crippen molar-refractivity contribution in [1.29, 1.82) is 0 Å². The highest BCUT2D eigenvalue weighted by Crippen LogP contribution is 2.20. The molecule has 25 heavy (non-hydrogen) atoms. The molecular weight excluding hydrogens is 332 g/mol. The van der Waals surface area contributed by atoms with E-state index >= 15 is 0 Å². The summed E-state index contributed by atoms with van der Waals surface area (Å²) in [5.74, 6) is 0. The van der Waals surface area contributed by atoms with Gasteiger partial charge in [-0.15, -0.1) is 0 Å². The quantitative estimate of drug-likeness (QED) is 0.536. The number of hydrogen-bond acceptors (Lipinski definition) is 2. The van der Waals surface area contributed by atoms with Gasteiger partial charge in [0, 0.05) is 10.6 Å². The summed E-state index contributed by atoms with van der Waals surface area (Å²) >= 11 is 5.97. The predicted molar refractivity (Wildman–Crippen MR) is 102 cm³/mol. The van der Waals surface area contributed by atoms with Gasteiger partial charge in [0.25, 0.3) is 5.56 Å². The maximum Gasteiger partial charge on any atom is 0.277 e. The molecule has 0 amide bonds. The fraction of sp³-hybridized carbons (Fsp3) is 0.0476. The largest absolute Gasteiger partial charge is 0.300 e. The summed E-state index contributed by atoms with van der Waals surface area (Å²) in [4.78, 5) is 17.7. The van der Waals surface area contributed by atoms with E-state index in [9.17, 15) is 4.79 Å². The van der Waals surface area contributed by atoms with Crippen molar-refractivity contribution >= 4 is 22.6 Å². The van der Waals surface area contributed by atoms with Gasteiger partial charge in [0.15, 0.2) is 0 Å². The molecule has 0 saturated heterocycles. The predicted octanol–water partition coefficient (Wildman–Crippen LogP) is 4.77. The molecule has 122 valence electrons. The monoisotopic (exact) mass is 346 g/mol. The van der Waals surface area contributed by atoms with Crippen LogP contribution in [-0.4, -0.2) is 9.55 Å². The molecule has 0 aliphatic rings. The van der Waals surface area contributed by atoms with E-state index in [4.69, 9.17) is 11.6 Å². The van der Waals surface area contributed by atoms with Crippen LogP contribution in [0.5, 0.6) is 0 Å². The third-order valence-electron chi connectivity index (χ3n) is 4.15. The molecule has 1 aromatic heterocycles. The Morgan fingerprint density at radius 1 is 0.840 bits per heavy atom. The zero-order valence-electron chi connectivity index (χ0n) is 13.4. The van der Waals surface area contributed by atoms with E-state index < -0.39 is 0 Å². The number of rotatable bonds is 3. The van der Waals surface area contributed by atoms with Gasteiger partial charge >= 0.3 is 0 Å². The van der Waals surface area contributed by atoms with E-state index in [0.29, 0.717) is 17.3 Å². The number of para-hydroxylation sites is 2. The Bertz CT molecular complexity index is 1090. The highest BCUT2D eigenvalue weighted by atomic mass is 35.5. The molecule has 0 spiro atoms. The summed E-state index contributed by atoms with van der Waals surface area (Å²) in [5.41, 5.74) is 3.79. The van der Waals surface area contributed by atoms with Crippen molar-refractivity contribution < 1.29 is 0 Å². The maximum atomic E-state index is 13.1. The molecule has 4 rings (SSSR count). The van der Waals surface area contributed by atoms with Crippen LogP contribution in [0.3, 0.4) is 0 Å². The van der Waals surface area contributed by atoms with E-state index in [2.05, 4.69) is 4.98 Å². The lowest BCUT2D eigenvalue weighted by atomic mass is 10.1. The molecule has 3 aromatic carbocycles. The van der Waals surface area contributed by atoms with Crippen molar-refractivity contribution in [3.63, 3.8) is 0 Å². The van der Waals surface area contributed by atoms with Gasteiger partial charge in [0.2, 0.25) is 0 Å². The standard InChI is InChI=1S/C21H15ClN2O/c22-17-12-10-16(11-13-17)20-21(25)24(14-15-6-2-1-3-7-15)19-9-5-4-8-18(19)23-20/h1-13H,14H2. The third-order valence-corrected chi connectivity index (χ3v) is 4.41. The first-order valence-corrected chi connectivity index (χ1v) is 8.39. The van der Waals surface area contributed by atoms with Crippen molar-refractivity contribution in [2.24, 2.45) is 0 Å². The van der Waals surface area contributed by atoms with E-state index in [0.717, 1.165) is 22.2 Å². The molecule has 0 bridgehead atoms. The fourth-order valence-electron chi connectivity index (χ4n) is 2.91. The van der Waals surface area contributed by atoms with Crippen molar-refractivity contribution in [3.8, 4) is 11.3 Å². The Kier molecular flexibility index (Phi) is 4.08. The second-order valence-electron chi connectivity index (χ2n) is 5.83. The average Bonchev–Trinajstić information content (AvgIpc) is 2.65. The summed E-state index contributed by atoms with van der Waals surface area (Å²) in [7, 11) is 0. The van der Waals surface area contributed by atoms with Crippen molar-refractivity contribution in [2.75, 3.05) is 0 Å². The highest BCUT2D eigenvalue weighted by Gasteiger charge is 2.13. The first-order valence-electron chi connectivity index (χ1n) is 8.02. The number of nitrogens with zero attached hydrogens (tertiary/aromatic N) is 2. The minimum atomic E-state index is -0.107. The zero-order valence-corrected chi connectivity index (χ0v) is 14.1. The van der Waals surface area contributed by atoms with Crippen LogP contribution < -0.4 is 5.56 Å². The van der Waals surface area contributed by atoms with Crippen molar-refractivity contribution in [2.45, 2.75) is 6.54 Å². The first-order chi connectivity index (χ1) is 12.2. The summed E-state index contributed by atoms with van der Waals surface area (Å²) in [6, 6.07) is 24.9. The van der Waals surface area contributed by atoms with Gasteiger partial charge < -0.3 is 4.57 Å². The third kappa shape index (κ3) is 3.06. The molecule has 0 saturated carbocycles. The van der Waals surface area contributed by atoms with Gasteiger partial charge in [-0.25, -0.2) is 4.98 Å². The van der Waals surface area contributed by atoms with Gasteiger partial charge in [-0.3, -0.25) is 4.79 Å². The molecule has 0 fully saturated rings. The van der Waals surface area contributed by atoms with Gasteiger partial charge in [0.05, 0.1) is 17.6 Å². The van der Waals surface area contributed by atoms with Crippen LogP contribution in [-0.2, 0) is 6.54 Å². The molecule has 0 aliphatic carbocycles. The molecule has 4 heteroatoms. The minimum Gasteiger partial charge on any atom is -0.300 e. The van der Waals surface area contributed by atoms with Crippen LogP contribution in [0.15, 0.2) is 83.7 Å². The molecule has 4 aromatic rings. The molecule has 0 atom stereocenters. The molecular formula is C21H15ClN2O. The zero-order chi connectivity index (χ0) is 17.2. The summed E-state index contributed by atoms with van der Waals surface area (Å²) in [5, 5.41) is 0.633. The Balaban J connectivity index is 1.95. The smallest absolute Gasteiger partial charge is 0.277 e. The van der Waals surface area contributed by atoms with Crippen LogP contribution in [0, 0.1) is 0 Å². The van der Waals surface area contributed by atoms with Gasteiger partial charge in [-0.1, -0.05) is 66.2 Å². The molecule has 3 nitrogen and oxygen atoms in total. The molecule has 1 heterocycles. The maximum absolute atomic E-state index is 13.1. The van der Waals surface area contributed by atoms with Crippen LogP contribution in [0.2, 0.25) is 5.02 Å². The minimum absolute atomic E-state index is 0.107. The SMILES string of the molecule is O=c1c(-c2ccc(Cl)cc2)nc2ccccc2n1Cc1ccccc1. The van der Waals surface area contributed by atoms with Gasteiger partial charge in [-0.2, -0.15) is 0 Å². The molecule has 0 aliphatic heterocycles. The van der Waals surface area contributed by atoms with Crippen LogP contribution in [0.4, 0.5) is 0 Å². The van der Waals surface area contributed by atoms with Crippen LogP contribution >= 0.6 is 11.6 Å². The lowest BCUT2D eigenvalue weighted by Crippen LogP contribution is -2.24. The Morgan fingerprint density at radius 2 is 1.52 bits per heavy atom. The Hall–Kier alpha value is -2.91. The molecule has 0 N–H and O–H groups in total. The first kappa shape index (κ1) is 15.6. The number of benzene rings is 3. The number of halogens is 1. The van der Waals surface area contributed by atoms with Crippen molar-refractivity contribution in [3.05, 3.63) is 99.8 Å². The second-order valence-corrected chi connectivity index (χ2v) is 6.27. The lowest BCUT2D eigenvalue weighted by molar-refractivity contribution is 0.789. The number of hydrogen-bond donors (Lipinski definition) is 0. The molecule has 0 radical (unpaired) electrons. The van der Waals surface area contributed by atoms with E-state index in [1.807, 2.05) is 66.7 Å². The van der Waals surface area contributed by atoms with Gasteiger partial charge in [0.1, 0.15) is 5.69 Å². The fourth-order valence-corrected chi connectivity index (χ4v) is 3.04. The van der Waals surface area contributed by atoms with Crippen LogP contribution in [0.1, 0.15) is 5.56 Å².